The molecule has 0 saturated heterocycles. The standard InChI is InChI=1S/C18H21N3O5/c1-11(2)9-19-18(24)20-14(22)10-25-17(23)15-12(3)26-21-16(15)13-7-5-4-6-8-13/h4-8,11H,9-10H2,1-3H3,(H2,19,20,22,24). The number of hydrogen-bond acceptors (Lipinski definition) is 6. The van der Waals surface area contributed by atoms with Gasteiger partial charge in [-0.15, -0.1) is 0 Å². The minimum Gasteiger partial charge on any atom is -0.452 e. The third-order valence-corrected chi connectivity index (χ3v) is 3.37. The molecule has 2 aromatic rings. The van der Waals surface area contributed by atoms with Crippen molar-refractivity contribution in [2.45, 2.75) is 20.8 Å². The lowest BCUT2D eigenvalue weighted by molar-refractivity contribution is -0.123. The molecular weight excluding hydrogens is 338 g/mol. The molecule has 1 heterocycles. The number of imide groups is 1. The van der Waals surface area contributed by atoms with E-state index >= 15 is 0 Å². The van der Waals surface area contributed by atoms with E-state index < -0.39 is 24.5 Å². The first-order chi connectivity index (χ1) is 12.4. The summed E-state index contributed by atoms with van der Waals surface area (Å²) in [6.45, 7) is 5.27. The minimum atomic E-state index is -0.750. The summed E-state index contributed by atoms with van der Waals surface area (Å²) in [6, 6.07) is 8.36. The molecule has 26 heavy (non-hydrogen) atoms. The van der Waals surface area contributed by atoms with Crippen molar-refractivity contribution in [3.63, 3.8) is 0 Å². The summed E-state index contributed by atoms with van der Waals surface area (Å²) in [5.41, 5.74) is 1.17. The molecule has 0 atom stereocenters. The molecule has 0 aliphatic carbocycles. The van der Waals surface area contributed by atoms with Gasteiger partial charge < -0.3 is 14.6 Å². The predicted octanol–water partition coefficient (Wildman–Crippen LogP) is 2.29. The molecule has 0 fully saturated rings. The largest absolute Gasteiger partial charge is 0.452 e. The first-order valence-electron chi connectivity index (χ1n) is 8.15. The van der Waals surface area contributed by atoms with E-state index in [0.29, 0.717) is 17.8 Å². The van der Waals surface area contributed by atoms with Crippen molar-refractivity contribution in [3.05, 3.63) is 41.7 Å². The van der Waals surface area contributed by atoms with Crippen LogP contribution >= 0.6 is 0 Å². The van der Waals surface area contributed by atoms with Gasteiger partial charge in [-0.2, -0.15) is 0 Å². The van der Waals surface area contributed by atoms with Crippen LogP contribution in [-0.4, -0.2) is 36.2 Å². The van der Waals surface area contributed by atoms with Crippen LogP contribution in [0.4, 0.5) is 4.79 Å². The quantitative estimate of drug-likeness (QED) is 0.766. The van der Waals surface area contributed by atoms with Gasteiger partial charge >= 0.3 is 12.0 Å². The summed E-state index contributed by atoms with van der Waals surface area (Å²) < 4.78 is 10.1. The number of nitrogens with zero attached hydrogens (tertiary/aromatic N) is 1. The van der Waals surface area contributed by atoms with Gasteiger partial charge in [0, 0.05) is 12.1 Å². The van der Waals surface area contributed by atoms with Gasteiger partial charge in [-0.1, -0.05) is 49.3 Å². The lowest BCUT2D eigenvalue weighted by Crippen LogP contribution is -2.42. The molecule has 0 saturated carbocycles. The molecule has 0 spiro atoms. The van der Waals surface area contributed by atoms with Crippen molar-refractivity contribution in [2.24, 2.45) is 5.92 Å². The average Bonchev–Trinajstić information content (AvgIpc) is 3.00. The fourth-order valence-electron chi connectivity index (χ4n) is 2.11. The molecule has 1 aromatic carbocycles. The minimum absolute atomic E-state index is 0.147. The van der Waals surface area contributed by atoms with Gasteiger partial charge in [0.2, 0.25) is 0 Å². The normalized spacial score (nSPS) is 10.5. The molecule has 0 radical (unpaired) electrons. The first-order valence-corrected chi connectivity index (χ1v) is 8.15. The van der Waals surface area contributed by atoms with Crippen LogP contribution in [0.25, 0.3) is 11.3 Å². The number of nitrogens with one attached hydrogen (secondary N) is 2. The zero-order valence-electron chi connectivity index (χ0n) is 14.9. The van der Waals surface area contributed by atoms with Gasteiger partial charge in [-0.05, 0) is 12.8 Å². The Labute approximate surface area is 150 Å². The van der Waals surface area contributed by atoms with Crippen molar-refractivity contribution < 1.29 is 23.6 Å². The second-order valence-electron chi connectivity index (χ2n) is 6.06. The molecule has 8 heteroatoms. The van der Waals surface area contributed by atoms with Crippen LogP contribution in [-0.2, 0) is 9.53 Å². The van der Waals surface area contributed by atoms with Crippen LogP contribution in [0.2, 0.25) is 0 Å². The highest BCUT2D eigenvalue weighted by atomic mass is 16.5. The number of carbonyl (C=O) groups excluding carboxylic acids is 3. The lowest BCUT2D eigenvalue weighted by atomic mass is 10.1. The molecule has 0 unspecified atom stereocenters. The van der Waals surface area contributed by atoms with Gasteiger partial charge in [-0.25, -0.2) is 9.59 Å². The number of esters is 1. The van der Waals surface area contributed by atoms with Gasteiger partial charge in [-0.3, -0.25) is 10.1 Å². The Morgan fingerprint density at radius 1 is 1.19 bits per heavy atom. The number of rotatable bonds is 6. The molecule has 3 amide bonds. The maximum Gasteiger partial charge on any atom is 0.344 e. The van der Waals surface area contributed by atoms with Gasteiger partial charge in [0.1, 0.15) is 17.0 Å². The molecule has 1 aromatic heterocycles. The van der Waals surface area contributed by atoms with Gasteiger partial charge in [0.25, 0.3) is 5.91 Å². The smallest absolute Gasteiger partial charge is 0.344 e. The summed E-state index contributed by atoms with van der Waals surface area (Å²) in [6.07, 6.45) is 0. The molecule has 2 rings (SSSR count). The van der Waals surface area contributed by atoms with E-state index in [-0.39, 0.29) is 17.2 Å². The number of benzene rings is 1. The summed E-state index contributed by atoms with van der Waals surface area (Å²) in [5, 5.41) is 8.51. The Morgan fingerprint density at radius 3 is 2.54 bits per heavy atom. The fraction of sp³-hybridized carbons (Fsp3) is 0.333. The molecule has 0 bridgehead atoms. The summed E-state index contributed by atoms with van der Waals surface area (Å²) in [7, 11) is 0. The van der Waals surface area contributed by atoms with Crippen molar-refractivity contribution in [2.75, 3.05) is 13.2 Å². The van der Waals surface area contributed by atoms with Gasteiger partial charge in [0.05, 0.1) is 0 Å². The Balaban J connectivity index is 1.96. The highest BCUT2D eigenvalue weighted by molar-refractivity contribution is 5.99. The van der Waals surface area contributed by atoms with E-state index in [4.69, 9.17) is 9.26 Å². The Kier molecular flexibility index (Phi) is 6.48. The first kappa shape index (κ1) is 19.2. The van der Waals surface area contributed by atoms with Crippen LogP contribution in [0.15, 0.2) is 34.9 Å². The number of hydrogen-bond donors (Lipinski definition) is 2. The Bertz CT molecular complexity index is 783. The van der Waals surface area contributed by atoms with E-state index in [0.717, 1.165) is 0 Å². The molecule has 0 aliphatic rings. The Morgan fingerprint density at radius 2 is 1.88 bits per heavy atom. The summed E-state index contributed by atoms with van der Waals surface area (Å²) in [4.78, 5) is 35.6. The number of aryl methyl sites for hydroxylation is 1. The van der Waals surface area contributed by atoms with Crippen LogP contribution in [0.1, 0.15) is 30.0 Å². The number of aromatic nitrogens is 1. The molecule has 8 nitrogen and oxygen atoms in total. The van der Waals surface area contributed by atoms with Gasteiger partial charge in [0.15, 0.2) is 6.61 Å². The summed E-state index contributed by atoms with van der Waals surface area (Å²) >= 11 is 0. The maximum atomic E-state index is 12.3. The number of carbonyl (C=O) groups is 3. The van der Waals surface area contributed by atoms with E-state index in [1.807, 2.05) is 19.9 Å². The van der Waals surface area contributed by atoms with Crippen molar-refractivity contribution in [3.8, 4) is 11.3 Å². The lowest BCUT2D eigenvalue weighted by Gasteiger charge is -2.09. The van der Waals surface area contributed by atoms with Crippen LogP contribution in [0.3, 0.4) is 0 Å². The monoisotopic (exact) mass is 359 g/mol. The van der Waals surface area contributed by atoms with E-state index in [2.05, 4.69) is 15.8 Å². The topological polar surface area (TPSA) is 111 Å². The van der Waals surface area contributed by atoms with Crippen molar-refractivity contribution in [1.82, 2.24) is 15.8 Å². The zero-order valence-corrected chi connectivity index (χ0v) is 14.9. The van der Waals surface area contributed by atoms with Crippen molar-refractivity contribution in [1.29, 1.82) is 0 Å². The Hall–Kier alpha value is -3.16. The summed E-state index contributed by atoms with van der Waals surface area (Å²) in [5.74, 6) is -0.944. The second kappa shape index (κ2) is 8.80. The molecular formula is C18H21N3O5. The van der Waals surface area contributed by atoms with E-state index in [1.54, 1.807) is 31.2 Å². The van der Waals surface area contributed by atoms with Crippen molar-refractivity contribution >= 4 is 17.9 Å². The average molecular weight is 359 g/mol. The number of urea groups is 1. The third kappa shape index (κ3) is 5.17. The number of ether oxygens (including phenoxy) is 1. The fourth-order valence-corrected chi connectivity index (χ4v) is 2.11. The second-order valence-corrected chi connectivity index (χ2v) is 6.06. The highest BCUT2D eigenvalue weighted by Crippen LogP contribution is 2.25. The van der Waals surface area contributed by atoms with E-state index in [1.165, 1.54) is 0 Å². The predicted molar refractivity (Wildman–Crippen MR) is 93.3 cm³/mol. The van der Waals surface area contributed by atoms with Crippen LogP contribution in [0, 0.1) is 12.8 Å². The maximum absolute atomic E-state index is 12.3. The van der Waals surface area contributed by atoms with Crippen LogP contribution in [0.5, 0.6) is 0 Å². The zero-order chi connectivity index (χ0) is 19.1. The highest BCUT2D eigenvalue weighted by Gasteiger charge is 2.23. The molecule has 138 valence electrons. The molecule has 0 aliphatic heterocycles. The number of amides is 3. The van der Waals surface area contributed by atoms with Crippen LogP contribution < -0.4 is 10.6 Å². The molecule has 2 N–H and O–H groups in total. The van der Waals surface area contributed by atoms with E-state index in [9.17, 15) is 14.4 Å². The SMILES string of the molecule is Cc1onc(-c2ccccc2)c1C(=O)OCC(=O)NC(=O)NCC(C)C. The third-order valence-electron chi connectivity index (χ3n) is 3.37.